The number of primary amides is 1. The number of hydrogen-bond acceptors (Lipinski definition) is 7. The van der Waals surface area contributed by atoms with Crippen molar-refractivity contribution in [2.24, 2.45) is 22.7 Å². The summed E-state index contributed by atoms with van der Waals surface area (Å²) in [5.74, 6) is -2.37. The molecule has 1 aliphatic heterocycles. The van der Waals surface area contributed by atoms with Gasteiger partial charge in [-0.25, -0.2) is 4.98 Å². The number of nitrogens with zero attached hydrogens (tertiary/aromatic N) is 2. The molecule has 1 aromatic heterocycles. The molecule has 2 N–H and O–H groups in total. The third-order valence-electron chi connectivity index (χ3n) is 5.01. The minimum Gasteiger partial charge on any atom is -0.468 e. The van der Waals surface area contributed by atoms with Gasteiger partial charge < -0.3 is 15.3 Å². The van der Waals surface area contributed by atoms with Gasteiger partial charge in [0, 0.05) is 10.9 Å². The fourth-order valence-electron chi connectivity index (χ4n) is 3.30. The highest BCUT2D eigenvalue weighted by Crippen LogP contribution is 2.40. The molecule has 0 radical (unpaired) electrons. The van der Waals surface area contributed by atoms with Crippen LogP contribution in [0.3, 0.4) is 0 Å². The first kappa shape index (κ1) is 22.7. The minimum atomic E-state index is -4.58. The van der Waals surface area contributed by atoms with Crippen LogP contribution in [0.2, 0.25) is 0 Å². The van der Waals surface area contributed by atoms with Gasteiger partial charge in [-0.15, -0.1) is 11.3 Å². The van der Waals surface area contributed by atoms with E-state index in [1.165, 1.54) is 12.5 Å². The second-order valence-corrected chi connectivity index (χ2v) is 7.98. The maximum Gasteiger partial charge on any atom is 0.443 e. The number of halogens is 3. The van der Waals surface area contributed by atoms with Gasteiger partial charge in [-0.3, -0.25) is 9.59 Å². The minimum absolute atomic E-state index is 0.0132. The summed E-state index contributed by atoms with van der Waals surface area (Å²) in [5, 5.41) is 4.20. The molecule has 1 amide bonds. The number of oxime groups is 1. The van der Waals surface area contributed by atoms with E-state index in [1.54, 1.807) is 24.3 Å². The average molecular weight is 455 g/mol. The Labute approximate surface area is 180 Å². The molecule has 0 aliphatic carbocycles. The lowest BCUT2D eigenvalue weighted by atomic mass is 9.85. The molecule has 166 valence electrons. The monoisotopic (exact) mass is 455 g/mol. The quantitative estimate of drug-likeness (QED) is 0.641. The molecule has 1 aromatic carbocycles. The molecule has 3 unspecified atom stereocenters. The fraction of sp³-hybridized carbons (Fsp3) is 0.400. The van der Waals surface area contributed by atoms with Crippen molar-refractivity contribution in [3.05, 3.63) is 51.5 Å². The van der Waals surface area contributed by atoms with Gasteiger partial charge in [0.1, 0.15) is 5.92 Å². The first-order valence-corrected chi connectivity index (χ1v) is 10.2. The summed E-state index contributed by atoms with van der Waals surface area (Å²) in [7, 11) is 1.20. The molecule has 0 saturated heterocycles. The lowest BCUT2D eigenvalue weighted by molar-refractivity contribution is -0.146. The van der Waals surface area contributed by atoms with Crippen LogP contribution >= 0.6 is 11.3 Å². The van der Waals surface area contributed by atoms with E-state index in [2.05, 4.69) is 10.1 Å². The molecule has 0 bridgehead atoms. The number of amides is 1. The summed E-state index contributed by atoms with van der Waals surface area (Å²) in [6.07, 6.45) is -4.45. The van der Waals surface area contributed by atoms with Gasteiger partial charge in [-0.2, -0.15) is 13.2 Å². The summed E-state index contributed by atoms with van der Waals surface area (Å²) in [6.45, 7) is 1.85. The number of benzene rings is 1. The molecule has 7 nitrogen and oxygen atoms in total. The molecule has 1 aliphatic rings. The predicted octanol–water partition coefficient (Wildman–Crippen LogP) is 3.75. The summed E-state index contributed by atoms with van der Waals surface area (Å²) < 4.78 is 43.6. The van der Waals surface area contributed by atoms with Gasteiger partial charge in [0.25, 0.3) is 0 Å². The van der Waals surface area contributed by atoms with Crippen molar-refractivity contribution in [3.8, 4) is 0 Å². The second kappa shape index (κ2) is 9.04. The van der Waals surface area contributed by atoms with Gasteiger partial charge in [-0.1, -0.05) is 24.2 Å². The Morgan fingerprint density at radius 1 is 1.29 bits per heavy atom. The average Bonchev–Trinajstić information content (AvgIpc) is 3.38. The van der Waals surface area contributed by atoms with Crippen LogP contribution < -0.4 is 5.73 Å². The van der Waals surface area contributed by atoms with Crippen LogP contribution in [0.4, 0.5) is 13.2 Å². The van der Waals surface area contributed by atoms with Crippen molar-refractivity contribution in [1.29, 1.82) is 0 Å². The standard InChI is InChI=1S/C20H20F3N3O4S/c1-10(3-4-11-5-7-12(8-6-11)17(24)27)15-14(18(28)29-2)16(30-26-15)13-9-31-19(25-13)20(21,22)23/h5-10,14,16H,3-4H2,1-2H3,(H2,24,27). The Morgan fingerprint density at radius 2 is 1.97 bits per heavy atom. The van der Waals surface area contributed by atoms with E-state index in [9.17, 15) is 22.8 Å². The van der Waals surface area contributed by atoms with E-state index < -0.39 is 35.1 Å². The van der Waals surface area contributed by atoms with Gasteiger partial charge >= 0.3 is 12.1 Å². The van der Waals surface area contributed by atoms with Crippen LogP contribution in [0, 0.1) is 11.8 Å². The highest BCUT2D eigenvalue weighted by molar-refractivity contribution is 7.09. The predicted molar refractivity (Wildman–Crippen MR) is 106 cm³/mol. The van der Waals surface area contributed by atoms with E-state index in [0.29, 0.717) is 35.5 Å². The third kappa shape index (κ3) is 5.04. The van der Waals surface area contributed by atoms with E-state index in [-0.39, 0.29) is 11.6 Å². The number of carbonyl (C=O) groups excluding carboxylic acids is 2. The van der Waals surface area contributed by atoms with Gasteiger partial charge in [0.15, 0.2) is 11.1 Å². The smallest absolute Gasteiger partial charge is 0.443 e. The lowest BCUT2D eigenvalue weighted by Crippen LogP contribution is -2.31. The van der Waals surface area contributed by atoms with Crippen LogP contribution in [0.15, 0.2) is 34.8 Å². The number of aryl methyl sites for hydroxylation is 1. The van der Waals surface area contributed by atoms with Crippen LogP contribution in [0.5, 0.6) is 0 Å². The van der Waals surface area contributed by atoms with Crippen LogP contribution in [0.25, 0.3) is 0 Å². The molecule has 0 fully saturated rings. The highest BCUT2D eigenvalue weighted by atomic mass is 32.1. The normalized spacial score (nSPS) is 19.5. The SMILES string of the molecule is COC(=O)C1C(C(C)CCc2ccc(C(N)=O)cc2)=NOC1c1csc(C(F)(F)F)n1. The zero-order valence-electron chi connectivity index (χ0n) is 16.7. The molecule has 0 spiro atoms. The number of aromatic nitrogens is 1. The van der Waals surface area contributed by atoms with Crippen molar-refractivity contribution in [2.45, 2.75) is 32.0 Å². The Bertz CT molecular complexity index is 988. The lowest BCUT2D eigenvalue weighted by Gasteiger charge is -2.18. The first-order valence-electron chi connectivity index (χ1n) is 9.34. The summed E-state index contributed by atoms with van der Waals surface area (Å²) >= 11 is 0.433. The van der Waals surface area contributed by atoms with Crippen molar-refractivity contribution in [1.82, 2.24) is 4.98 Å². The van der Waals surface area contributed by atoms with E-state index in [0.717, 1.165) is 5.56 Å². The second-order valence-electron chi connectivity index (χ2n) is 7.12. The van der Waals surface area contributed by atoms with Crippen molar-refractivity contribution >= 4 is 28.9 Å². The number of alkyl halides is 3. The van der Waals surface area contributed by atoms with Crippen molar-refractivity contribution in [2.75, 3.05) is 7.11 Å². The molecule has 2 heterocycles. The highest BCUT2D eigenvalue weighted by Gasteiger charge is 2.46. The van der Waals surface area contributed by atoms with E-state index in [4.69, 9.17) is 15.3 Å². The van der Waals surface area contributed by atoms with Gasteiger partial charge in [0.05, 0.1) is 18.5 Å². The maximum atomic E-state index is 12.9. The Kier molecular flexibility index (Phi) is 6.63. The number of carbonyl (C=O) groups is 2. The summed E-state index contributed by atoms with van der Waals surface area (Å²) in [5.41, 5.74) is 6.97. The number of esters is 1. The molecule has 3 atom stereocenters. The molecular formula is C20H20F3N3O4S. The number of thiazole rings is 1. The zero-order valence-corrected chi connectivity index (χ0v) is 17.5. The van der Waals surface area contributed by atoms with Crippen LogP contribution in [-0.4, -0.2) is 29.7 Å². The first-order chi connectivity index (χ1) is 14.6. The summed E-state index contributed by atoms with van der Waals surface area (Å²) in [6, 6.07) is 6.83. The molecule has 0 saturated carbocycles. The summed E-state index contributed by atoms with van der Waals surface area (Å²) in [4.78, 5) is 32.5. The maximum absolute atomic E-state index is 12.9. The number of hydrogen-bond donors (Lipinski definition) is 1. The Balaban J connectivity index is 1.73. The fourth-order valence-corrected chi connectivity index (χ4v) is 4.01. The Hall–Kier alpha value is -2.95. The van der Waals surface area contributed by atoms with Crippen LogP contribution in [0.1, 0.15) is 46.1 Å². The van der Waals surface area contributed by atoms with Gasteiger partial charge in [0.2, 0.25) is 5.91 Å². The number of methoxy groups -OCH3 is 1. The number of rotatable bonds is 7. The van der Waals surface area contributed by atoms with E-state index >= 15 is 0 Å². The molecule has 3 rings (SSSR count). The van der Waals surface area contributed by atoms with E-state index in [1.807, 2.05) is 6.92 Å². The topological polar surface area (TPSA) is 104 Å². The largest absolute Gasteiger partial charge is 0.468 e. The van der Waals surface area contributed by atoms with Crippen LogP contribution in [-0.2, 0) is 27.0 Å². The van der Waals surface area contributed by atoms with Crippen molar-refractivity contribution in [3.63, 3.8) is 0 Å². The number of nitrogens with two attached hydrogens (primary N) is 1. The third-order valence-corrected chi connectivity index (χ3v) is 5.92. The van der Waals surface area contributed by atoms with Crippen molar-refractivity contribution < 1.29 is 32.3 Å². The van der Waals surface area contributed by atoms with Gasteiger partial charge in [-0.05, 0) is 36.5 Å². The molecule has 11 heteroatoms. The molecular weight excluding hydrogens is 435 g/mol. The zero-order chi connectivity index (χ0) is 22.8. The molecule has 31 heavy (non-hydrogen) atoms. The molecule has 2 aromatic rings. The Morgan fingerprint density at radius 3 is 2.52 bits per heavy atom. The number of ether oxygens (including phenoxy) is 1.